The number of hydrogen-bond donors (Lipinski definition) is 1. The molecule has 0 radical (unpaired) electrons. The number of hydrogen-bond acceptors (Lipinski definition) is 4. The predicted molar refractivity (Wildman–Crippen MR) is 54.5 cm³/mol. The van der Waals surface area contributed by atoms with Crippen LogP contribution in [0.25, 0.3) is 0 Å². The lowest BCUT2D eigenvalue weighted by atomic mass is 9.97. The van der Waals surface area contributed by atoms with Gasteiger partial charge >= 0.3 is 5.97 Å². The van der Waals surface area contributed by atoms with E-state index in [9.17, 15) is 9.59 Å². The minimum Gasteiger partial charge on any atom is -0.480 e. The van der Waals surface area contributed by atoms with Gasteiger partial charge in [-0.2, -0.15) is 0 Å². The number of thioether (sulfide) groups is 1. The number of methoxy groups -OCH3 is 1. The van der Waals surface area contributed by atoms with Gasteiger partial charge in [-0.05, 0) is 6.92 Å². The number of nitrogens with zero attached hydrogens (tertiary/aromatic N) is 1. The summed E-state index contributed by atoms with van der Waals surface area (Å²) in [6, 6.07) is -0.756. The quantitative estimate of drug-likeness (QED) is 0.700. The molecule has 0 bridgehead atoms. The lowest BCUT2D eigenvalue weighted by Gasteiger charge is -2.36. The van der Waals surface area contributed by atoms with E-state index in [1.165, 1.54) is 16.7 Å². The summed E-state index contributed by atoms with van der Waals surface area (Å²) in [5.41, 5.74) is 0. The fourth-order valence-corrected chi connectivity index (χ4v) is 3.99. The third-order valence-electron chi connectivity index (χ3n) is 2.87. The van der Waals surface area contributed by atoms with Gasteiger partial charge in [0.05, 0.1) is 23.1 Å². The molecule has 0 spiro atoms. The van der Waals surface area contributed by atoms with Gasteiger partial charge in [-0.15, -0.1) is 11.8 Å². The Balaban J connectivity index is 2.26. The molecule has 5 nitrogen and oxygen atoms in total. The number of carboxylic acid groups (broad SMARTS) is 1. The number of β-lactam (4-membered cyclic amide) rings is 1. The first-order valence-corrected chi connectivity index (χ1v) is 5.58. The number of carbonyl (C=O) groups excluding carboxylic acids is 1. The maximum absolute atomic E-state index is 11.3. The summed E-state index contributed by atoms with van der Waals surface area (Å²) in [4.78, 5) is 24.0. The van der Waals surface area contributed by atoms with Gasteiger partial charge in [-0.25, -0.2) is 4.79 Å². The first kappa shape index (κ1) is 10.8. The highest BCUT2D eigenvalue weighted by Crippen LogP contribution is 2.50. The van der Waals surface area contributed by atoms with Crippen molar-refractivity contribution in [3.05, 3.63) is 0 Å². The van der Waals surface area contributed by atoms with Crippen molar-refractivity contribution >= 4 is 23.6 Å². The van der Waals surface area contributed by atoms with Crippen LogP contribution in [0.5, 0.6) is 0 Å². The van der Waals surface area contributed by atoms with Crippen molar-refractivity contribution in [3.8, 4) is 0 Å². The Morgan fingerprint density at radius 1 is 1.80 bits per heavy atom. The molecule has 84 valence electrons. The first-order chi connectivity index (χ1) is 6.99. The summed E-state index contributed by atoms with van der Waals surface area (Å²) < 4.78 is 4.52. The average molecular weight is 231 g/mol. The zero-order chi connectivity index (χ0) is 11.2. The van der Waals surface area contributed by atoms with Crippen LogP contribution in [0.15, 0.2) is 0 Å². The van der Waals surface area contributed by atoms with Crippen LogP contribution in [-0.4, -0.2) is 51.8 Å². The second-order valence-electron chi connectivity index (χ2n) is 4.06. The molecule has 1 unspecified atom stereocenters. The SMILES string of the molecule is COCC1(C)S[C@@H]2CC(=O)N2[C@H]1C(=O)O. The van der Waals surface area contributed by atoms with Crippen LogP contribution in [0.3, 0.4) is 0 Å². The molecule has 0 aromatic heterocycles. The van der Waals surface area contributed by atoms with E-state index in [-0.39, 0.29) is 11.3 Å². The zero-order valence-electron chi connectivity index (χ0n) is 8.60. The van der Waals surface area contributed by atoms with E-state index in [4.69, 9.17) is 9.84 Å². The summed E-state index contributed by atoms with van der Waals surface area (Å²) in [6.07, 6.45) is 0.452. The van der Waals surface area contributed by atoms with Gasteiger partial charge in [-0.1, -0.05) is 0 Å². The molecule has 2 rings (SSSR count). The van der Waals surface area contributed by atoms with Gasteiger partial charge in [0.1, 0.15) is 6.04 Å². The topological polar surface area (TPSA) is 66.8 Å². The molecule has 2 aliphatic heterocycles. The van der Waals surface area contributed by atoms with Crippen molar-refractivity contribution in [2.45, 2.75) is 29.5 Å². The van der Waals surface area contributed by atoms with Crippen molar-refractivity contribution in [1.82, 2.24) is 4.90 Å². The van der Waals surface area contributed by atoms with Gasteiger partial charge in [-0.3, -0.25) is 4.79 Å². The molecule has 0 aromatic rings. The number of carbonyl (C=O) groups is 2. The third-order valence-corrected chi connectivity index (χ3v) is 4.42. The third kappa shape index (κ3) is 1.43. The summed E-state index contributed by atoms with van der Waals surface area (Å²) in [6.45, 7) is 2.18. The monoisotopic (exact) mass is 231 g/mol. The van der Waals surface area contributed by atoms with E-state index in [1.54, 1.807) is 7.11 Å². The number of amides is 1. The normalized spacial score (nSPS) is 38.8. The maximum Gasteiger partial charge on any atom is 0.328 e. The number of rotatable bonds is 3. The summed E-state index contributed by atoms with van der Waals surface area (Å²) in [7, 11) is 1.54. The Labute approximate surface area is 91.8 Å². The molecule has 2 saturated heterocycles. The van der Waals surface area contributed by atoms with Gasteiger partial charge in [0.2, 0.25) is 5.91 Å². The van der Waals surface area contributed by atoms with Gasteiger partial charge in [0, 0.05) is 7.11 Å². The highest BCUT2D eigenvalue weighted by Gasteiger charge is 2.60. The minimum absolute atomic E-state index is 0.0266. The zero-order valence-corrected chi connectivity index (χ0v) is 9.41. The van der Waals surface area contributed by atoms with Crippen molar-refractivity contribution in [2.24, 2.45) is 0 Å². The van der Waals surface area contributed by atoms with E-state index in [2.05, 4.69) is 0 Å². The molecular weight excluding hydrogens is 218 g/mol. The summed E-state index contributed by atoms with van der Waals surface area (Å²) >= 11 is 1.53. The predicted octanol–water partition coefficient (Wildman–Crippen LogP) is 0.150. The Morgan fingerprint density at radius 2 is 2.47 bits per heavy atom. The van der Waals surface area contributed by atoms with E-state index >= 15 is 0 Å². The minimum atomic E-state index is -0.947. The van der Waals surface area contributed by atoms with Crippen molar-refractivity contribution in [3.63, 3.8) is 0 Å². The van der Waals surface area contributed by atoms with Crippen LogP contribution in [-0.2, 0) is 14.3 Å². The molecule has 1 N–H and O–H groups in total. The van der Waals surface area contributed by atoms with Gasteiger partial charge in [0.15, 0.2) is 0 Å². The molecule has 2 aliphatic rings. The van der Waals surface area contributed by atoms with Crippen LogP contribution in [0, 0.1) is 0 Å². The van der Waals surface area contributed by atoms with Crippen LogP contribution in [0.1, 0.15) is 13.3 Å². The second kappa shape index (κ2) is 3.38. The van der Waals surface area contributed by atoms with Gasteiger partial charge < -0.3 is 14.7 Å². The Hall–Kier alpha value is -0.750. The van der Waals surface area contributed by atoms with Crippen LogP contribution < -0.4 is 0 Å². The average Bonchev–Trinajstić information content (AvgIpc) is 2.35. The smallest absolute Gasteiger partial charge is 0.328 e. The Morgan fingerprint density at radius 3 is 2.93 bits per heavy atom. The highest BCUT2D eigenvalue weighted by atomic mass is 32.2. The summed E-state index contributed by atoms with van der Waals surface area (Å²) in [5, 5.41) is 9.18. The molecule has 0 aromatic carbocycles. The van der Waals surface area contributed by atoms with E-state index < -0.39 is 16.8 Å². The fourth-order valence-electron chi connectivity index (χ4n) is 2.26. The van der Waals surface area contributed by atoms with Crippen molar-refractivity contribution < 1.29 is 19.4 Å². The fraction of sp³-hybridized carbons (Fsp3) is 0.778. The van der Waals surface area contributed by atoms with E-state index in [0.29, 0.717) is 13.0 Å². The lowest BCUT2D eigenvalue weighted by Crippen LogP contribution is -2.58. The van der Waals surface area contributed by atoms with E-state index in [1.807, 2.05) is 6.92 Å². The lowest BCUT2D eigenvalue weighted by molar-refractivity contribution is -0.158. The standard InChI is InChI=1S/C9H13NO4S/c1-9(4-14-2)7(8(12)13)10-5(11)3-6(10)15-9/h6-7H,3-4H2,1-2H3,(H,12,13)/t6-,7+,9?/m1/s1. The molecule has 1 amide bonds. The van der Waals surface area contributed by atoms with Crippen LogP contribution in [0.4, 0.5) is 0 Å². The Bertz CT molecular complexity index is 321. The van der Waals surface area contributed by atoms with Crippen molar-refractivity contribution in [1.29, 1.82) is 0 Å². The molecule has 0 saturated carbocycles. The maximum atomic E-state index is 11.3. The largest absolute Gasteiger partial charge is 0.480 e. The van der Waals surface area contributed by atoms with Gasteiger partial charge in [0.25, 0.3) is 0 Å². The molecular formula is C9H13NO4S. The molecule has 2 heterocycles. The number of fused-ring (bicyclic) bond motifs is 1. The highest BCUT2D eigenvalue weighted by molar-refractivity contribution is 8.01. The molecule has 6 heteroatoms. The number of aliphatic carboxylic acids is 1. The summed E-state index contributed by atoms with van der Waals surface area (Å²) in [5.74, 6) is -1.02. The molecule has 3 atom stereocenters. The van der Waals surface area contributed by atoms with Crippen LogP contribution in [0.2, 0.25) is 0 Å². The first-order valence-electron chi connectivity index (χ1n) is 4.70. The molecule has 15 heavy (non-hydrogen) atoms. The number of ether oxygens (including phenoxy) is 1. The van der Waals surface area contributed by atoms with Crippen LogP contribution >= 0.6 is 11.8 Å². The second-order valence-corrected chi connectivity index (χ2v) is 5.78. The van der Waals surface area contributed by atoms with Crippen molar-refractivity contribution in [2.75, 3.05) is 13.7 Å². The molecule has 0 aliphatic carbocycles. The molecule has 2 fully saturated rings. The number of carboxylic acids is 1. The van der Waals surface area contributed by atoms with E-state index in [0.717, 1.165) is 0 Å². The Kier molecular flexibility index (Phi) is 2.42.